The Hall–Kier alpha value is -4.01. The van der Waals surface area contributed by atoms with Gasteiger partial charge in [0.05, 0.1) is 42.6 Å². The highest BCUT2D eigenvalue weighted by atomic mass is 32.2. The molecule has 0 spiro atoms. The summed E-state index contributed by atoms with van der Waals surface area (Å²) in [6, 6.07) is 10.6. The molecule has 0 bridgehead atoms. The van der Waals surface area contributed by atoms with Crippen molar-refractivity contribution in [3.05, 3.63) is 65.2 Å². The second-order valence-corrected chi connectivity index (χ2v) is 14.0. The van der Waals surface area contributed by atoms with Crippen molar-refractivity contribution in [2.45, 2.75) is 21.8 Å². The maximum Gasteiger partial charge on any atom is 0.310 e. The molecule has 0 radical (unpaired) electrons. The first kappa shape index (κ1) is 28.1. The third kappa shape index (κ3) is 4.59. The number of aromatic hydroxyl groups is 1. The van der Waals surface area contributed by atoms with Crippen molar-refractivity contribution >= 4 is 25.8 Å². The van der Waals surface area contributed by atoms with Gasteiger partial charge in [-0.1, -0.05) is 0 Å². The van der Waals surface area contributed by atoms with E-state index in [2.05, 4.69) is 4.72 Å². The van der Waals surface area contributed by atoms with E-state index in [0.717, 1.165) is 6.26 Å². The van der Waals surface area contributed by atoms with Gasteiger partial charge in [-0.25, -0.2) is 21.6 Å². The number of nitrogens with one attached hydrogen (secondary N) is 1. The molecule has 6 rings (SSSR count). The number of hydrogen-bond acceptors (Lipinski definition) is 11. The molecule has 3 aliphatic rings. The Labute approximate surface area is 242 Å². The van der Waals surface area contributed by atoms with Crippen LogP contribution in [0.1, 0.15) is 28.7 Å². The average molecular weight is 618 g/mol. The van der Waals surface area contributed by atoms with Gasteiger partial charge in [0.15, 0.2) is 32.8 Å². The molecule has 2 aliphatic heterocycles. The summed E-state index contributed by atoms with van der Waals surface area (Å²) >= 11 is 0. The van der Waals surface area contributed by atoms with Crippen LogP contribution in [0.4, 0.5) is 0 Å². The fourth-order valence-corrected chi connectivity index (χ4v) is 7.81. The van der Waals surface area contributed by atoms with Gasteiger partial charge in [-0.15, -0.1) is 0 Å². The van der Waals surface area contributed by atoms with Crippen LogP contribution < -0.4 is 23.7 Å². The number of hydrogen-bond donors (Lipinski definition) is 2. The highest BCUT2D eigenvalue weighted by Gasteiger charge is 2.53. The number of esters is 1. The molecule has 222 valence electrons. The summed E-state index contributed by atoms with van der Waals surface area (Å²) in [6.07, 6.45) is 1.03. The summed E-state index contributed by atoms with van der Waals surface area (Å²) in [5.41, 5.74) is 1.72. The van der Waals surface area contributed by atoms with Crippen molar-refractivity contribution in [1.82, 2.24) is 4.72 Å². The molecule has 0 unspecified atom stereocenters. The molecule has 0 amide bonds. The molecule has 3 aromatic carbocycles. The maximum atomic E-state index is 13.6. The summed E-state index contributed by atoms with van der Waals surface area (Å²) in [7, 11) is -4.94. The van der Waals surface area contributed by atoms with Crippen LogP contribution in [0, 0.1) is 11.8 Å². The summed E-state index contributed by atoms with van der Waals surface area (Å²) < 4.78 is 81.2. The fraction of sp³-hybridized carbons (Fsp3) is 0.321. The fourth-order valence-electron chi connectivity index (χ4n) is 5.91. The molecule has 3 aromatic rings. The predicted octanol–water partition coefficient (Wildman–Crippen LogP) is 2.50. The summed E-state index contributed by atoms with van der Waals surface area (Å²) in [4.78, 5) is 13.1. The standard InChI is InChI=1S/C28H27NO11S2/c1-36-22-8-14(9-23(37-2)27(22)30)24-17-10-20-21(40-13-39-20)11-18(17)26(19-12-38-28(31)25(19)24)29-42(34,35)16-6-4-15(5-7-16)41(3,32)33/h4-11,19,24-26,29-30H,12-13H2,1-3H3/t19-,24+,25-,26+/m0/s1. The lowest BCUT2D eigenvalue weighted by atomic mass is 9.65. The summed E-state index contributed by atoms with van der Waals surface area (Å²) in [6.45, 7) is -0.0812. The minimum atomic E-state index is -4.20. The lowest BCUT2D eigenvalue weighted by molar-refractivity contribution is -0.141. The Morgan fingerprint density at radius 1 is 0.857 bits per heavy atom. The van der Waals surface area contributed by atoms with Crippen LogP contribution in [0.5, 0.6) is 28.7 Å². The minimum absolute atomic E-state index is 0.0189. The molecular weight excluding hydrogens is 590 g/mol. The largest absolute Gasteiger partial charge is 0.502 e. The number of phenolic OH excluding ortho intramolecular Hbond substituents is 1. The van der Waals surface area contributed by atoms with Gasteiger partial charge >= 0.3 is 5.97 Å². The van der Waals surface area contributed by atoms with Gasteiger partial charge in [0, 0.05) is 18.1 Å². The molecule has 0 saturated carbocycles. The second-order valence-electron chi connectivity index (χ2n) is 10.2. The van der Waals surface area contributed by atoms with E-state index < -0.39 is 49.6 Å². The minimum Gasteiger partial charge on any atom is -0.502 e. The van der Waals surface area contributed by atoms with Gasteiger partial charge in [0.1, 0.15) is 0 Å². The number of sulfonamides is 1. The molecule has 1 saturated heterocycles. The first-order valence-electron chi connectivity index (χ1n) is 12.8. The highest BCUT2D eigenvalue weighted by Crippen LogP contribution is 2.55. The molecular formula is C28H27NO11S2. The Morgan fingerprint density at radius 2 is 1.43 bits per heavy atom. The number of rotatable bonds is 7. The van der Waals surface area contributed by atoms with E-state index in [4.69, 9.17) is 23.7 Å². The number of methoxy groups -OCH3 is 2. The van der Waals surface area contributed by atoms with Gasteiger partial charge in [0.2, 0.25) is 22.6 Å². The molecule has 14 heteroatoms. The van der Waals surface area contributed by atoms with Gasteiger partial charge in [-0.2, -0.15) is 0 Å². The monoisotopic (exact) mass is 617 g/mol. The molecule has 2 heterocycles. The van der Waals surface area contributed by atoms with Crippen molar-refractivity contribution in [1.29, 1.82) is 0 Å². The van der Waals surface area contributed by atoms with Crippen LogP contribution in [0.3, 0.4) is 0 Å². The summed E-state index contributed by atoms with van der Waals surface area (Å²) in [5, 5.41) is 10.5. The van der Waals surface area contributed by atoms with Crippen molar-refractivity contribution < 1.29 is 50.4 Å². The van der Waals surface area contributed by atoms with Gasteiger partial charge in [-0.05, 0) is 65.2 Å². The second kappa shape index (κ2) is 10.1. The van der Waals surface area contributed by atoms with Crippen molar-refractivity contribution in [2.75, 3.05) is 33.9 Å². The number of carbonyl (C=O) groups is 1. The number of cyclic esters (lactones) is 1. The molecule has 42 heavy (non-hydrogen) atoms. The van der Waals surface area contributed by atoms with Crippen LogP contribution in [0.2, 0.25) is 0 Å². The quantitative estimate of drug-likeness (QED) is 0.375. The van der Waals surface area contributed by atoms with Crippen LogP contribution >= 0.6 is 0 Å². The van der Waals surface area contributed by atoms with Crippen LogP contribution in [-0.4, -0.2) is 61.8 Å². The first-order chi connectivity index (χ1) is 19.9. The zero-order valence-corrected chi connectivity index (χ0v) is 24.3. The van der Waals surface area contributed by atoms with E-state index in [0.29, 0.717) is 28.2 Å². The Kier molecular flexibility index (Phi) is 6.74. The predicted molar refractivity (Wildman–Crippen MR) is 146 cm³/mol. The van der Waals surface area contributed by atoms with E-state index in [9.17, 15) is 26.7 Å². The highest BCUT2D eigenvalue weighted by molar-refractivity contribution is 7.90. The summed E-state index contributed by atoms with van der Waals surface area (Å²) in [5.74, 6) is -1.71. The maximum absolute atomic E-state index is 13.6. The van der Waals surface area contributed by atoms with E-state index in [1.165, 1.54) is 38.5 Å². The average Bonchev–Trinajstić information content (AvgIpc) is 3.58. The molecule has 2 N–H and O–H groups in total. The lowest BCUT2D eigenvalue weighted by Gasteiger charge is -2.39. The zero-order chi connectivity index (χ0) is 30.0. The number of carbonyl (C=O) groups excluding carboxylic acids is 1. The number of fused-ring (bicyclic) bond motifs is 3. The van der Waals surface area contributed by atoms with E-state index in [1.54, 1.807) is 24.3 Å². The Bertz CT molecular complexity index is 1780. The van der Waals surface area contributed by atoms with E-state index >= 15 is 0 Å². The zero-order valence-electron chi connectivity index (χ0n) is 22.7. The van der Waals surface area contributed by atoms with E-state index in [1.807, 2.05) is 0 Å². The van der Waals surface area contributed by atoms with Gasteiger partial charge in [0.25, 0.3) is 0 Å². The third-order valence-corrected chi connectivity index (χ3v) is 10.5. The lowest BCUT2D eigenvalue weighted by Crippen LogP contribution is -2.42. The normalized spacial score (nSPS) is 22.7. The molecule has 4 atom stereocenters. The van der Waals surface area contributed by atoms with Crippen molar-refractivity contribution in [2.24, 2.45) is 11.8 Å². The molecule has 12 nitrogen and oxygen atoms in total. The number of phenols is 1. The van der Waals surface area contributed by atoms with Crippen molar-refractivity contribution in [3.8, 4) is 28.7 Å². The number of ether oxygens (including phenoxy) is 5. The van der Waals surface area contributed by atoms with E-state index in [-0.39, 0.29) is 40.4 Å². The topological polar surface area (TPSA) is 164 Å². The smallest absolute Gasteiger partial charge is 0.310 e. The van der Waals surface area contributed by atoms with Crippen LogP contribution in [0.15, 0.2) is 58.3 Å². The van der Waals surface area contributed by atoms with Crippen molar-refractivity contribution in [3.63, 3.8) is 0 Å². The third-order valence-electron chi connectivity index (χ3n) is 7.89. The van der Waals surface area contributed by atoms with Crippen LogP contribution in [0.25, 0.3) is 0 Å². The molecule has 1 fully saturated rings. The number of sulfone groups is 1. The SMILES string of the molecule is COc1cc([C@@H]2c3cc4c(cc3[C@@H](NS(=O)(=O)c3ccc(S(C)(=O)=O)cc3)[C@H]3COC(=O)[C@H]23)OCO4)cc(OC)c1O. The molecule has 1 aliphatic carbocycles. The Morgan fingerprint density at radius 3 is 2.00 bits per heavy atom. The van der Waals surface area contributed by atoms with Gasteiger partial charge in [-0.3, -0.25) is 4.79 Å². The molecule has 0 aromatic heterocycles. The van der Waals surface area contributed by atoms with Crippen LogP contribution in [-0.2, 0) is 29.4 Å². The Balaban J connectivity index is 1.50. The number of benzene rings is 3. The first-order valence-corrected chi connectivity index (χ1v) is 16.2. The van der Waals surface area contributed by atoms with Gasteiger partial charge < -0.3 is 28.8 Å².